The number of benzene rings is 1. The lowest BCUT2D eigenvalue weighted by Gasteiger charge is -2.31. The van der Waals surface area contributed by atoms with Crippen molar-refractivity contribution in [2.75, 3.05) is 26.0 Å². The van der Waals surface area contributed by atoms with E-state index in [4.69, 9.17) is 9.15 Å². The van der Waals surface area contributed by atoms with Crippen LogP contribution >= 0.6 is 0 Å². The molecule has 1 aliphatic rings. The van der Waals surface area contributed by atoms with Crippen molar-refractivity contribution >= 4 is 20.1 Å². The maximum Gasteiger partial charge on any atom is 0.264 e. The van der Waals surface area contributed by atoms with Crippen LogP contribution in [-0.2, 0) is 30.9 Å². The van der Waals surface area contributed by atoms with Crippen molar-refractivity contribution in [3.63, 3.8) is 0 Å². The van der Waals surface area contributed by atoms with Crippen LogP contribution in [0.4, 0.5) is 0 Å². The van der Waals surface area contributed by atoms with Crippen molar-refractivity contribution < 1.29 is 30.2 Å². The van der Waals surface area contributed by atoms with Crippen LogP contribution in [0.3, 0.4) is 0 Å². The van der Waals surface area contributed by atoms with Crippen molar-refractivity contribution in [3.05, 3.63) is 58.1 Å². The third-order valence-corrected chi connectivity index (χ3v) is 7.43. The van der Waals surface area contributed by atoms with E-state index in [9.17, 15) is 21.6 Å². The quantitative estimate of drug-likeness (QED) is 0.536. The summed E-state index contributed by atoms with van der Waals surface area (Å²) in [5.74, 6) is 0.173. The predicted molar refractivity (Wildman–Crippen MR) is 113 cm³/mol. The van der Waals surface area contributed by atoms with Gasteiger partial charge in [0, 0.05) is 19.2 Å². The molecule has 9 nitrogen and oxygen atoms in total. The lowest BCUT2D eigenvalue weighted by Crippen LogP contribution is -2.39. The Bertz CT molecular complexity index is 1160. The molecule has 0 spiro atoms. The van der Waals surface area contributed by atoms with Crippen LogP contribution in [0, 0.1) is 12.8 Å². The molecule has 0 aliphatic carbocycles. The fourth-order valence-corrected chi connectivity index (χ4v) is 4.97. The number of hydrogen-bond acceptors (Lipinski definition) is 8. The Morgan fingerprint density at radius 1 is 1.10 bits per heavy atom. The fraction of sp³-hybridized carbons (Fsp3) is 0.450. The number of sulfonamides is 1. The first kappa shape index (κ1) is 23.5. The highest BCUT2D eigenvalue weighted by atomic mass is 32.2. The zero-order valence-electron chi connectivity index (χ0n) is 17.3. The molecule has 1 fully saturated rings. The molecule has 2 aromatic rings. The molecule has 0 saturated carbocycles. The second kappa shape index (κ2) is 9.51. The smallest absolute Gasteiger partial charge is 0.264 e. The van der Waals surface area contributed by atoms with E-state index in [2.05, 4.69) is 4.18 Å². The van der Waals surface area contributed by atoms with Crippen molar-refractivity contribution in [2.24, 2.45) is 5.92 Å². The molecular formula is C20H25NO8S2. The van der Waals surface area contributed by atoms with Gasteiger partial charge >= 0.3 is 0 Å². The Morgan fingerprint density at radius 3 is 2.32 bits per heavy atom. The fourth-order valence-electron chi connectivity index (χ4n) is 3.17. The minimum atomic E-state index is -3.64. The SMILES string of the molecule is Cc1ccc(S(=O)(=O)N2CCC(COc3coc(COS(C)(=O)=O)cc3=O)CC2)cc1. The number of hydrogen-bond donors (Lipinski definition) is 0. The van der Waals surface area contributed by atoms with Crippen LogP contribution in [0.5, 0.6) is 5.75 Å². The number of aryl methyl sites for hydroxylation is 1. The number of ether oxygens (including phenoxy) is 1. The van der Waals surface area contributed by atoms with Crippen molar-refractivity contribution in [1.82, 2.24) is 4.31 Å². The first-order valence-electron chi connectivity index (χ1n) is 9.70. The molecule has 31 heavy (non-hydrogen) atoms. The molecule has 1 aromatic heterocycles. The molecule has 0 bridgehead atoms. The van der Waals surface area contributed by atoms with Gasteiger partial charge in [-0.05, 0) is 37.8 Å². The molecule has 0 amide bonds. The molecule has 1 aromatic carbocycles. The summed E-state index contributed by atoms with van der Waals surface area (Å²) >= 11 is 0. The molecule has 0 N–H and O–H groups in total. The van der Waals surface area contributed by atoms with Crippen LogP contribution < -0.4 is 10.2 Å². The standard InChI is InChI=1S/C20H25NO8S2/c1-15-3-5-18(6-4-15)31(25,26)21-9-7-16(8-10-21)12-28-20-14-27-17(11-19(20)22)13-29-30(2,23)24/h3-6,11,14,16H,7-10,12-13H2,1-2H3. The van der Waals surface area contributed by atoms with Crippen LogP contribution in [0.2, 0.25) is 0 Å². The molecule has 3 rings (SSSR count). The minimum Gasteiger partial charge on any atom is -0.486 e. The Morgan fingerprint density at radius 2 is 1.74 bits per heavy atom. The van der Waals surface area contributed by atoms with Gasteiger partial charge in [-0.1, -0.05) is 17.7 Å². The van der Waals surface area contributed by atoms with Crippen LogP contribution in [0.25, 0.3) is 0 Å². The Kier molecular flexibility index (Phi) is 7.20. The minimum absolute atomic E-state index is 0.0119. The van der Waals surface area contributed by atoms with E-state index in [0.717, 1.165) is 24.1 Å². The van der Waals surface area contributed by atoms with Gasteiger partial charge in [0.05, 0.1) is 17.8 Å². The maximum atomic E-state index is 12.8. The zero-order chi connectivity index (χ0) is 22.6. The lowest BCUT2D eigenvalue weighted by molar-refractivity contribution is 0.180. The normalized spacial score (nSPS) is 16.3. The molecule has 11 heteroatoms. The lowest BCUT2D eigenvalue weighted by atomic mass is 9.99. The van der Waals surface area contributed by atoms with Crippen molar-refractivity contribution in [1.29, 1.82) is 0 Å². The molecule has 1 aliphatic heterocycles. The summed E-state index contributed by atoms with van der Waals surface area (Å²) in [6, 6.07) is 7.90. The largest absolute Gasteiger partial charge is 0.486 e. The van der Waals surface area contributed by atoms with E-state index in [0.29, 0.717) is 25.9 Å². The maximum absolute atomic E-state index is 12.8. The average molecular weight is 472 g/mol. The highest BCUT2D eigenvalue weighted by Crippen LogP contribution is 2.24. The monoisotopic (exact) mass is 471 g/mol. The second-order valence-corrected chi connectivity index (χ2v) is 11.1. The number of piperidine rings is 1. The van der Waals surface area contributed by atoms with Gasteiger partial charge in [-0.15, -0.1) is 0 Å². The summed E-state index contributed by atoms with van der Waals surface area (Å²) in [6.07, 6.45) is 3.24. The van der Waals surface area contributed by atoms with E-state index < -0.39 is 25.6 Å². The topological polar surface area (TPSA) is 120 Å². The first-order valence-corrected chi connectivity index (χ1v) is 13.0. The van der Waals surface area contributed by atoms with Gasteiger partial charge in [-0.2, -0.15) is 12.7 Å². The van der Waals surface area contributed by atoms with E-state index in [-0.39, 0.29) is 35.5 Å². The van der Waals surface area contributed by atoms with E-state index in [1.807, 2.05) is 6.92 Å². The Balaban J connectivity index is 1.52. The third-order valence-electron chi connectivity index (χ3n) is 4.97. The summed E-state index contributed by atoms with van der Waals surface area (Å²) in [6.45, 7) is 2.53. The van der Waals surface area contributed by atoms with Crippen LogP contribution in [-0.4, -0.2) is 47.1 Å². The highest BCUT2D eigenvalue weighted by molar-refractivity contribution is 7.89. The van der Waals surface area contributed by atoms with E-state index in [1.54, 1.807) is 24.3 Å². The molecular weight excluding hydrogens is 446 g/mol. The number of rotatable bonds is 8. The van der Waals surface area contributed by atoms with Gasteiger partial charge in [0.25, 0.3) is 10.1 Å². The van der Waals surface area contributed by atoms with Crippen molar-refractivity contribution in [3.8, 4) is 5.75 Å². The molecule has 0 atom stereocenters. The molecule has 0 unspecified atom stereocenters. The van der Waals surface area contributed by atoms with Gasteiger partial charge in [0.1, 0.15) is 18.6 Å². The highest BCUT2D eigenvalue weighted by Gasteiger charge is 2.29. The van der Waals surface area contributed by atoms with E-state index in [1.165, 1.54) is 4.31 Å². The Labute approximate surface area is 181 Å². The van der Waals surface area contributed by atoms with Gasteiger partial charge in [-0.3, -0.25) is 8.98 Å². The summed E-state index contributed by atoms with van der Waals surface area (Å²) in [5, 5.41) is 0. The van der Waals surface area contributed by atoms with E-state index >= 15 is 0 Å². The van der Waals surface area contributed by atoms with Gasteiger partial charge in [0.15, 0.2) is 0 Å². The molecule has 0 radical (unpaired) electrons. The second-order valence-electron chi connectivity index (χ2n) is 7.51. The molecule has 2 heterocycles. The zero-order valence-corrected chi connectivity index (χ0v) is 18.9. The van der Waals surface area contributed by atoms with Gasteiger partial charge < -0.3 is 9.15 Å². The predicted octanol–water partition coefficient (Wildman–Crippen LogP) is 1.90. The molecule has 1 saturated heterocycles. The third kappa shape index (κ3) is 6.39. The van der Waals surface area contributed by atoms with Crippen LogP contribution in [0.1, 0.15) is 24.2 Å². The van der Waals surface area contributed by atoms with Gasteiger partial charge in [0.2, 0.25) is 21.2 Å². The summed E-state index contributed by atoms with van der Waals surface area (Å²) in [7, 11) is -7.17. The average Bonchev–Trinajstić information content (AvgIpc) is 2.72. The van der Waals surface area contributed by atoms with Crippen molar-refractivity contribution in [2.45, 2.75) is 31.3 Å². The van der Waals surface area contributed by atoms with Gasteiger partial charge in [-0.25, -0.2) is 8.42 Å². The van der Waals surface area contributed by atoms with Crippen LogP contribution in [0.15, 0.2) is 50.7 Å². The summed E-state index contributed by atoms with van der Waals surface area (Å²) in [4.78, 5) is 12.4. The summed E-state index contributed by atoms with van der Waals surface area (Å²) < 4.78 is 64.4. The molecule has 170 valence electrons. The first-order chi connectivity index (χ1) is 14.5. The Hall–Kier alpha value is -2.21. The summed E-state index contributed by atoms with van der Waals surface area (Å²) in [5.41, 5.74) is 0.549. The number of nitrogens with zero attached hydrogens (tertiary/aromatic N) is 1.